The summed E-state index contributed by atoms with van der Waals surface area (Å²) in [6.45, 7) is 1.93. The van der Waals surface area contributed by atoms with Gasteiger partial charge in [0.1, 0.15) is 0 Å². The Hall–Kier alpha value is -2.69. The van der Waals surface area contributed by atoms with Crippen molar-refractivity contribution in [1.29, 1.82) is 0 Å². The van der Waals surface area contributed by atoms with Crippen molar-refractivity contribution in [3.8, 4) is 11.3 Å². The molecule has 2 aromatic rings. The molecule has 1 aromatic heterocycles. The van der Waals surface area contributed by atoms with E-state index in [4.69, 9.17) is 5.11 Å². The Bertz CT molecular complexity index is 766. The van der Waals surface area contributed by atoms with E-state index in [9.17, 15) is 9.59 Å². The first-order valence-electron chi connectivity index (χ1n) is 8.61. The summed E-state index contributed by atoms with van der Waals surface area (Å²) in [5, 5.41) is 12.1. The van der Waals surface area contributed by atoms with Crippen LogP contribution in [0, 0.1) is 12.8 Å². The molecule has 1 aliphatic carbocycles. The van der Waals surface area contributed by atoms with Gasteiger partial charge in [0.05, 0.1) is 11.6 Å². The predicted octanol–water partition coefficient (Wildman–Crippen LogP) is 3.43. The summed E-state index contributed by atoms with van der Waals surface area (Å²) in [6.07, 6.45) is 4.40. The fourth-order valence-electron chi connectivity index (χ4n) is 3.43. The standard InChI is InChI=1S/C20H22N2O3/c1-13-16(18-7-2-3-12-21-18)5-4-6-17(13)19(23)22-15-10-8-14(9-11-15)20(24)25/h2-7,12,14-15H,8-11H2,1H3,(H,22,23)(H,24,25). The van der Waals surface area contributed by atoms with Crippen LogP contribution in [0.1, 0.15) is 41.6 Å². The normalized spacial score (nSPS) is 20.0. The lowest BCUT2D eigenvalue weighted by Gasteiger charge is -2.27. The summed E-state index contributed by atoms with van der Waals surface area (Å²) in [7, 11) is 0. The van der Waals surface area contributed by atoms with Gasteiger partial charge in [-0.05, 0) is 56.4 Å². The Morgan fingerprint density at radius 2 is 1.84 bits per heavy atom. The molecule has 1 aromatic carbocycles. The van der Waals surface area contributed by atoms with Crippen molar-refractivity contribution in [2.75, 3.05) is 0 Å². The topological polar surface area (TPSA) is 79.3 Å². The third-order valence-corrected chi connectivity index (χ3v) is 4.93. The average molecular weight is 338 g/mol. The number of carbonyl (C=O) groups excluding carboxylic acids is 1. The van der Waals surface area contributed by atoms with E-state index in [2.05, 4.69) is 10.3 Å². The number of nitrogens with one attached hydrogen (secondary N) is 1. The molecule has 1 aliphatic rings. The van der Waals surface area contributed by atoms with Crippen LogP contribution < -0.4 is 5.32 Å². The minimum Gasteiger partial charge on any atom is -0.481 e. The number of hydrogen-bond donors (Lipinski definition) is 2. The van der Waals surface area contributed by atoms with Crippen LogP contribution in [-0.2, 0) is 4.79 Å². The van der Waals surface area contributed by atoms with E-state index in [1.165, 1.54) is 0 Å². The minimum absolute atomic E-state index is 0.0426. The van der Waals surface area contributed by atoms with E-state index < -0.39 is 5.97 Å². The van der Waals surface area contributed by atoms with Gasteiger partial charge in [-0.1, -0.05) is 18.2 Å². The van der Waals surface area contributed by atoms with Crippen molar-refractivity contribution in [1.82, 2.24) is 10.3 Å². The maximum Gasteiger partial charge on any atom is 0.306 e. The van der Waals surface area contributed by atoms with Gasteiger partial charge >= 0.3 is 5.97 Å². The van der Waals surface area contributed by atoms with E-state index in [-0.39, 0.29) is 17.9 Å². The summed E-state index contributed by atoms with van der Waals surface area (Å²) >= 11 is 0. The molecule has 0 bridgehead atoms. The number of aliphatic carboxylic acids is 1. The molecule has 0 atom stereocenters. The number of hydrogen-bond acceptors (Lipinski definition) is 3. The Labute approximate surface area is 147 Å². The molecule has 25 heavy (non-hydrogen) atoms. The largest absolute Gasteiger partial charge is 0.481 e. The molecule has 0 spiro atoms. The molecule has 5 heteroatoms. The third-order valence-electron chi connectivity index (χ3n) is 4.93. The number of benzene rings is 1. The number of rotatable bonds is 4. The van der Waals surface area contributed by atoms with E-state index in [1.54, 1.807) is 6.20 Å². The second-order valence-electron chi connectivity index (χ2n) is 6.55. The fraction of sp³-hybridized carbons (Fsp3) is 0.350. The van der Waals surface area contributed by atoms with Gasteiger partial charge in [0.15, 0.2) is 0 Å². The second kappa shape index (κ2) is 7.47. The molecular formula is C20H22N2O3. The van der Waals surface area contributed by atoms with Crippen LogP contribution in [0.5, 0.6) is 0 Å². The molecule has 1 heterocycles. The highest BCUT2D eigenvalue weighted by Gasteiger charge is 2.27. The monoisotopic (exact) mass is 338 g/mol. The maximum absolute atomic E-state index is 12.7. The number of nitrogens with zero attached hydrogens (tertiary/aromatic N) is 1. The molecule has 1 fully saturated rings. The lowest BCUT2D eigenvalue weighted by atomic mass is 9.86. The third kappa shape index (κ3) is 3.87. The summed E-state index contributed by atoms with van der Waals surface area (Å²) < 4.78 is 0. The van der Waals surface area contributed by atoms with Crippen LogP contribution in [-0.4, -0.2) is 28.0 Å². The van der Waals surface area contributed by atoms with Crippen LogP contribution in [0.15, 0.2) is 42.6 Å². The number of carboxylic acids is 1. The van der Waals surface area contributed by atoms with Crippen molar-refractivity contribution >= 4 is 11.9 Å². The molecule has 3 rings (SSSR count). The summed E-state index contributed by atoms with van der Waals surface area (Å²) in [5.74, 6) is -1.11. The fourth-order valence-corrected chi connectivity index (χ4v) is 3.43. The molecule has 0 aliphatic heterocycles. The highest BCUT2D eigenvalue weighted by Crippen LogP contribution is 2.26. The van der Waals surface area contributed by atoms with Gasteiger partial charge in [-0.2, -0.15) is 0 Å². The van der Waals surface area contributed by atoms with E-state index in [0.717, 1.165) is 16.8 Å². The van der Waals surface area contributed by atoms with Crippen molar-refractivity contribution in [2.24, 2.45) is 5.92 Å². The van der Waals surface area contributed by atoms with Crippen molar-refractivity contribution in [2.45, 2.75) is 38.6 Å². The average Bonchev–Trinajstić information content (AvgIpc) is 2.63. The first kappa shape index (κ1) is 17.1. The van der Waals surface area contributed by atoms with Gasteiger partial charge in [0.2, 0.25) is 0 Å². The number of pyridine rings is 1. The first-order chi connectivity index (χ1) is 12.1. The van der Waals surface area contributed by atoms with Crippen LogP contribution in [0.25, 0.3) is 11.3 Å². The van der Waals surface area contributed by atoms with Crippen molar-refractivity contribution < 1.29 is 14.7 Å². The van der Waals surface area contributed by atoms with Crippen molar-refractivity contribution in [3.63, 3.8) is 0 Å². The van der Waals surface area contributed by atoms with Gasteiger partial charge in [-0.25, -0.2) is 0 Å². The summed E-state index contributed by atoms with van der Waals surface area (Å²) in [5.41, 5.74) is 3.33. The van der Waals surface area contributed by atoms with Gasteiger partial charge in [0, 0.05) is 23.4 Å². The lowest BCUT2D eigenvalue weighted by Crippen LogP contribution is -2.39. The summed E-state index contributed by atoms with van der Waals surface area (Å²) in [6, 6.07) is 11.4. The minimum atomic E-state index is -0.733. The zero-order valence-electron chi connectivity index (χ0n) is 14.2. The van der Waals surface area contributed by atoms with E-state index in [0.29, 0.717) is 31.2 Å². The highest BCUT2D eigenvalue weighted by atomic mass is 16.4. The molecule has 130 valence electrons. The Morgan fingerprint density at radius 1 is 1.08 bits per heavy atom. The molecule has 0 saturated heterocycles. The van der Waals surface area contributed by atoms with Crippen LogP contribution >= 0.6 is 0 Å². The Kier molecular flexibility index (Phi) is 5.12. The highest BCUT2D eigenvalue weighted by molar-refractivity contribution is 5.97. The number of aromatic nitrogens is 1. The SMILES string of the molecule is Cc1c(C(=O)NC2CCC(C(=O)O)CC2)cccc1-c1ccccn1. The van der Waals surface area contributed by atoms with Crippen LogP contribution in [0.2, 0.25) is 0 Å². The predicted molar refractivity (Wildman–Crippen MR) is 95.3 cm³/mol. The molecule has 1 saturated carbocycles. The maximum atomic E-state index is 12.7. The summed E-state index contributed by atoms with van der Waals surface area (Å²) in [4.78, 5) is 28.1. The molecule has 2 N–H and O–H groups in total. The van der Waals surface area contributed by atoms with Gasteiger partial charge in [-0.15, -0.1) is 0 Å². The number of amides is 1. The Balaban J connectivity index is 1.72. The molecule has 0 radical (unpaired) electrons. The smallest absolute Gasteiger partial charge is 0.306 e. The zero-order chi connectivity index (χ0) is 17.8. The molecule has 5 nitrogen and oxygen atoms in total. The first-order valence-corrected chi connectivity index (χ1v) is 8.61. The number of carboxylic acid groups (broad SMARTS) is 1. The van der Waals surface area contributed by atoms with Crippen molar-refractivity contribution in [3.05, 3.63) is 53.7 Å². The zero-order valence-corrected chi connectivity index (χ0v) is 14.2. The molecule has 1 amide bonds. The number of carbonyl (C=O) groups is 2. The quantitative estimate of drug-likeness (QED) is 0.895. The van der Waals surface area contributed by atoms with Gasteiger partial charge in [0.25, 0.3) is 5.91 Å². The Morgan fingerprint density at radius 3 is 2.48 bits per heavy atom. The molecular weight excluding hydrogens is 316 g/mol. The van der Waals surface area contributed by atoms with Gasteiger partial charge < -0.3 is 10.4 Å². The van der Waals surface area contributed by atoms with Gasteiger partial charge in [-0.3, -0.25) is 14.6 Å². The lowest BCUT2D eigenvalue weighted by molar-refractivity contribution is -0.142. The van der Waals surface area contributed by atoms with Crippen LogP contribution in [0.4, 0.5) is 0 Å². The van der Waals surface area contributed by atoms with E-state index in [1.807, 2.05) is 43.3 Å². The van der Waals surface area contributed by atoms with Crippen LogP contribution in [0.3, 0.4) is 0 Å². The van der Waals surface area contributed by atoms with E-state index >= 15 is 0 Å². The second-order valence-corrected chi connectivity index (χ2v) is 6.55. The molecule has 0 unspecified atom stereocenters.